The summed E-state index contributed by atoms with van der Waals surface area (Å²) in [6.45, 7) is 6.73. The Kier molecular flexibility index (Phi) is 13.5. The van der Waals surface area contributed by atoms with E-state index in [9.17, 15) is 5.53 Å². The molecule has 0 amide bonds. The monoisotopic (exact) mass is 562 g/mol. The molecule has 0 unspecified atom stereocenters. The largest absolute Gasteiger partial charge is 0.493 e. The fourth-order valence-electron chi connectivity index (χ4n) is 4.83. The predicted molar refractivity (Wildman–Crippen MR) is 147 cm³/mol. The molecule has 1 aliphatic heterocycles. The molecule has 0 bridgehead atoms. The van der Waals surface area contributed by atoms with E-state index >= 15 is 0 Å². The number of nitrogens with zero attached hydrogens (tertiary/aromatic N) is 2. The van der Waals surface area contributed by atoms with E-state index in [0.717, 1.165) is 54.6 Å². The molecule has 0 fully saturated rings. The summed E-state index contributed by atoms with van der Waals surface area (Å²) >= 11 is 0. The Labute approximate surface area is 228 Å². The minimum absolute atomic E-state index is 0. The number of rotatable bonds is 15. The zero-order valence-corrected chi connectivity index (χ0v) is 23.7. The van der Waals surface area contributed by atoms with Gasteiger partial charge in [0.25, 0.3) is 0 Å². The second-order valence-corrected chi connectivity index (χ2v) is 9.84. The number of unbranched alkanes of at least 4 members (excludes halogenated alkanes) is 7. The molecular weight excluding hydrogens is 519 g/mol. The van der Waals surface area contributed by atoms with E-state index in [2.05, 4.69) is 75.4 Å². The van der Waals surface area contributed by atoms with Crippen molar-refractivity contribution in [3.63, 3.8) is 0 Å². The van der Waals surface area contributed by atoms with Gasteiger partial charge in [-0.15, -0.1) is 0 Å². The van der Waals surface area contributed by atoms with Crippen molar-refractivity contribution >= 4 is 11.4 Å². The third-order valence-electron chi connectivity index (χ3n) is 6.94. The van der Waals surface area contributed by atoms with Crippen LogP contribution >= 0.6 is 0 Å². The van der Waals surface area contributed by atoms with E-state index in [1.807, 2.05) is 0 Å². The van der Waals surface area contributed by atoms with Crippen LogP contribution in [-0.4, -0.2) is 4.70 Å². The van der Waals surface area contributed by atoms with Gasteiger partial charge in [0.05, 0.1) is 0 Å². The smallest absolute Gasteiger partial charge is 0.210 e. The molecule has 2 aromatic rings. The van der Waals surface area contributed by atoms with Crippen molar-refractivity contribution in [1.29, 1.82) is 0 Å². The molecule has 0 atom stereocenters. The van der Waals surface area contributed by atoms with Crippen molar-refractivity contribution in [2.45, 2.75) is 104 Å². The molecule has 0 N–H and O–H groups in total. The van der Waals surface area contributed by atoms with E-state index in [4.69, 9.17) is 0 Å². The Balaban J connectivity index is 0.00000432. The van der Waals surface area contributed by atoms with Crippen molar-refractivity contribution in [2.24, 2.45) is 0 Å². The quantitative estimate of drug-likeness (QED) is 0.117. The molecular formula is C32H44N2Pd. The van der Waals surface area contributed by atoms with E-state index in [0.29, 0.717) is 0 Å². The van der Waals surface area contributed by atoms with E-state index in [1.165, 1.54) is 72.8 Å². The van der Waals surface area contributed by atoms with Crippen LogP contribution < -0.4 is 0 Å². The number of aryl methyl sites for hydroxylation is 2. The van der Waals surface area contributed by atoms with Gasteiger partial charge >= 0.3 is 0 Å². The third kappa shape index (κ3) is 8.66. The van der Waals surface area contributed by atoms with Crippen molar-refractivity contribution in [3.05, 3.63) is 88.0 Å². The summed E-state index contributed by atoms with van der Waals surface area (Å²) in [6, 6.07) is 17.6. The molecule has 2 nitrogen and oxygen atoms in total. The van der Waals surface area contributed by atoms with E-state index in [1.54, 1.807) is 0 Å². The van der Waals surface area contributed by atoms with Gasteiger partial charge in [-0.3, -0.25) is 0 Å². The molecule has 0 radical (unpaired) electrons. The molecule has 1 heterocycles. The maximum absolute atomic E-state index is 11.3. The fraction of sp³-hybridized carbons (Fsp3) is 0.500. The van der Waals surface area contributed by atoms with Crippen LogP contribution in [0.25, 0.3) is 16.9 Å². The molecule has 0 saturated heterocycles. The Morgan fingerprint density at radius 3 is 1.97 bits per heavy atom. The summed E-state index contributed by atoms with van der Waals surface area (Å²) in [7, 11) is 0. The summed E-state index contributed by atoms with van der Waals surface area (Å²) in [5.74, 6) is 0. The molecule has 0 saturated carbocycles. The number of allylic oxidation sites excluding steroid dienone is 2. The van der Waals surface area contributed by atoms with Crippen LogP contribution in [0.2, 0.25) is 0 Å². The minimum Gasteiger partial charge on any atom is -0.493 e. The maximum Gasteiger partial charge on any atom is 0.210 e. The Morgan fingerprint density at radius 2 is 1.26 bits per heavy atom. The first kappa shape index (κ1) is 29.4. The van der Waals surface area contributed by atoms with Crippen LogP contribution in [0.1, 0.15) is 114 Å². The maximum atomic E-state index is 11.3. The summed E-state index contributed by atoms with van der Waals surface area (Å²) in [4.78, 5) is 0. The molecule has 0 aliphatic carbocycles. The van der Waals surface area contributed by atoms with Crippen molar-refractivity contribution in [3.8, 4) is 0 Å². The van der Waals surface area contributed by atoms with Gasteiger partial charge in [0.2, 0.25) is 11.4 Å². The minimum atomic E-state index is 0. The summed E-state index contributed by atoms with van der Waals surface area (Å²) in [6.07, 6.45) is 18.1. The molecule has 2 aromatic carbocycles. The standard InChI is InChI=1S/C32H44N2.Pd/c1-4-7-10-11-12-13-16-26-20-22-28(23-21-26)31-25-30(18-9-6-3)32(34(31)33)29-19-14-17-27(24-29)15-8-5-2;/h14,17,19-25H,4-13,15-16,18H2,1-3H3;. The van der Waals surface area contributed by atoms with Crippen LogP contribution in [0.4, 0.5) is 0 Å². The summed E-state index contributed by atoms with van der Waals surface area (Å²) in [5.41, 5.74) is 19.3. The summed E-state index contributed by atoms with van der Waals surface area (Å²) in [5, 5.41) is 0. The van der Waals surface area contributed by atoms with Crippen LogP contribution in [0.5, 0.6) is 0 Å². The van der Waals surface area contributed by atoms with Crippen LogP contribution in [0.3, 0.4) is 0 Å². The van der Waals surface area contributed by atoms with Crippen LogP contribution in [-0.2, 0) is 33.3 Å². The first-order valence-corrected chi connectivity index (χ1v) is 13.8. The van der Waals surface area contributed by atoms with Gasteiger partial charge in [0.15, 0.2) is 0 Å². The topological polar surface area (TPSA) is 25.3 Å². The van der Waals surface area contributed by atoms with E-state index in [-0.39, 0.29) is 20.4 Å². The van der Waals surface area contributed by atoms with Gasteiger partial charge in [-0.25, -0.2) is 4.70 Å². The molecule has 0 spiro atoms. The first-order chi connectivity index (χ1) is 16.7. The molecule has 1 aliphatic rings. The van der Waals surface area contributed by atoms with Gasteiger partial charge < -0.3 is 5.53 Å². The number of benzene rings is 2. The number of hydrogen-bond acceptors (Lipinski definition) is 0. The number of hydrogen-bond donors (Lipinski definition) is 0. The third-order valence-corrected chi connectivity index (χ3v) is 6.94. The van der Waals surface area contributed by atoms with Gasteiger partial charge in [-0.05, 0) is 73.9 Å². The zero-order chi connectivity index (χ0) is 24.2. The second kappa shape index (κ2) is 16.0. The average molecular weight is 563 g/mol. The van der Waals surface area contributed by atoms with Crippen LogP contribution in [0, 0.1) is 0 Å². The van der Waals surface area contributed by atoms with Crippen LogP contribution in [0.15, 0.2) is 60.2 Å². The van der Waals surface area contributed by atoms with Crippen molar-refractivity contribution in [2.75, 3.05) is 0 Å². The fourth-order valence-corrected chi connectivity index (χ4v) is 4.83. The average Bonchev–Trinajstić information content (AvgIpc) is 3.20. The molecule has 192 valence electrons. The Hall–Kier alpha value is -1.82. The first-order valence-electron chi connectivity index (χ1n) is 13.8. The zero-order valence-electron chi connectivity index (χ0n) is 22.1. The van der Waals surface area contributed by atoms with Gasteiger partial charge in [0.1, 0.15) is 0 Å². The van der Waals surface area contributed by atoms with Gasteiger partial charge in [0, 0.05) is 43.2 Å². The van der Waals surface area contributed by atoms with Gasteiger partial charge in [-0.2, -0.15) is 0 Å². The Bertz CT molecular complexity index is 985. The van der Waals surface area contributed by atoms with Gasteiger partial charge in [-0.1, -0.05) is 90.0 Å². The van der Waals surface area contributed by atoms with E-state index < -0.39 is 0 Å². The summed E-state index contributed by atoms with van der Waals surface area (Å²) < 4.78 is 1.44. The molecule has 35 heavy (non-hydrogen) atoms. The normalized spacial score (nSPS) is 13.2. The molecule has 0 aromatic heterocycles. The molecule has 3 heteroatoms. The Morgan fingerprint density at radius 1 is 0.629 bits per heavy atom. The van der Waals surface area contributed by atoms with Crippen molar-refractivity contribution < 1.29 is 25.1 Å². The molecule has 3 rings (SSSR count). The second-order valence-electron chi connectivity index (χ2n) is 9.84. The SMILES string of the molecule is CCCCCCCCc1ccc(C2=CC(CCCC)=C(c3cccc(CCCC)c3)[N+]2=[N-])cc1.[Pd]. The van der Waals surface area contributed by atoms with Crippen molar-refractivity contribution in [1.82, 2.24) is 0 Å². The predicted octanol–water partition coefficient (Wildman–Crippen LogP) is 9.92.